The van der Waals surface area contributed by atoms with E-state index in [2.05, 4.69) is 47.0 Å². The molecule has 0 aliphatic carbocycles. The van der Waals surface area contributed by atoms with Gasteiger partial charge in [0.05, 0.1) is 22.3 Å². The first-order chi connectivity index (χ1) is 14.4. The number of benzene rings is 2. The molecule has 0 saturated carbocycles. The minimum absolute atomic E-state index is 0.338. The Kier molecular flexibility index (Phi) is 11.2. The van der Waals surface area contributed by atoms with Gasteiger partial charge in [0, 0.05) is 17.0 Å². The van der Waals surface area contributed by atoms with E-state index in [1.54, 1.807) is 18.2 Å². The number of rotatable bonds is 8. The van der Waals surface area contributed by atoms with Crippen molar-refractivity contribution in [1.29, 1.82) is 0 Å². The predicted molar refractivity (Wildman–Crippen MR) is 132 cm³/mol. The van der Waals surface area contributed by atoms with Crippen LogP contribution in [0.5, 0.6) is 0 Å². The molecule has 0 aliphatic rings. The minimum Gasteiger partial charge on any atom is -0.346 e. The first-order valence-electron chi connectivity index (χ1n) is 9.79. The van der Waals surface area contributed by atoms with Crippen molar-refractivity contribution in [3.63, 3.8) is 0 Å². The lowest BCUT2D eigenvalue weighted by molar-refractivity contribution is 0.631. The number of anilines is 1. The van der Waals surface area contributed by atoms with Crippen molar-refractivity contribution in [2.75, 3.05) is 11.1 Å². The Morgan fingerprint density at radius 3 is 2.30 bits per heavy atom. The van der Waals surface area contributed by atoms with Gasteiger partial charge in [-0.3, -0.25) is 0 Å². The van der Waals surface area contributed by atoms with Gasteiger partial charge in [0.1, 0.15) is 5.82 Å². The number of nitrogens with one attached hydrogen (secondary N) is 2. The van der Waals surface area contributed by atoms with Crippen LogP contribution in [0.15, 0.2) is 83.4 Å². The zero-order chi connectivity index (χ0) is 22.5. The summed E-state index contributed by atoms with van der Waals surface area (Å²) in [5, 5.41) is 15.3. The Morgan fingerprint density at radius 1 is 1.00 bits per heavy atom. The van der Waals surface area contributed by atoms with E-state index < -0.39 is 0 Å². The van der Waals surface area contributed by atoms with Crippen molar-refractivity contribution in [3.05, 3.63) is 90.2 Å². The van der Waals surface area contributed by atoms with E-state index in [0.717, 1.165) is 22.0 Å². The standard InChI is InChI=1S/C22H25FN4S.C2H6/c1-15-10-6-7-11-20(15)17(3)26-27-19(5)28-14-16(2)24-18(4)25-22-13-9-8-12-21(22)23;1-2/h6-13,24-25H,2,4,14H2,1,3,5H3;1-2H3/b26-17+,27-19+;. The van der Waals surface area contributed by atoms with Crippen LogP contribution in [0.4, 0.5) is 10.1 Å². The number of para-hydroxylation sites is 1. The van der Waals surface area contributed by atoms with Gasteiger partial charge in [0.15, 0.2) is 0 Å². The molecule has 0 radical (unpaired) electrons. The van der Waals surface area contributed by atoms with Crippen molar-refractivity contribution >= 4 is 28.2 Å². The number of hydrogen-bond donors (Lipinski definition) is 2. The number of aryl methyl sites for hydroxylation is 1. The lowest BCUT2D eigenvalue weighted by atomic mass is 10.1. The summed E-state index contributed by atoms with van der Waals surface area (Å²) in [4.78, 5) is 0. The highest BCUT2D eigenvalue weighted by Gasteiger charge is 2.04. The van der Waals surface area contributed by atoms with Crippen LogP contribution in [0.2, 0.25) is 0 Å². The lowest BCUT2D eigenvalue weighted by Crippen LogP contribution is -2.19. The number of nitrogens with zero attached hydrogens (tertiary/aromatic N) is 2. The predicted octanol–water partition coefficient (Wildman–Crippen LogP) is 6.72. The second kappa shape index (κ2) is 13.4. The smallest absolute Gasteiger partial charge is 0.146 e. The molecule has 6 heteroatoms. The number of thioether (sulfide) groups is 1. The normalized spacial score (nSPS) is 11.3. The molecule has 0 saturated heterocycles. The number of hydrogen-bond acceptors (Lipinski definition) is 5. The highest BCUT2D eigenvalue weighted by molar-refractivity contribution is 8.14. The summed E-state index contributed by atoms with van der Waals surface area (Å²) < 4.78 is 13.7. The molecule has 2 aromatic rings. The summed E-state index contributed by atoms with van der Waals surface area (Å²) in [7, 11) is 0. The van der Waals surface area contributed by atoms with E-state index >= 15 is 0 Å². The van der Waals surface area contributed by atoms with Crippen molar-refractivity contribution in [2.45, 2.75) is 34.6 Å². The monoisotopic (exact) mass is 426 g/mol. The van der Waals surface area contributed by atoms with E-state index in [0.29, 0.717) is 17.3 Å². The van der Waals surface area contributed by atoms with Crippen LogP contribution in [0.1, 0.15) is 38.8 Å². The summed E-state index contributed by atoms with van der Waals surface area (Å²) in [6.45, 7) is 17.7. The molecule has 160 valence electrons. The fourth-order valence-corrected chi connectivity index (χ4v) is 2.96. The molecule has 0 bridgehead atoms. The van der Waals surface area contributed by atoms with Gasteiger partial charge in [0.25, 0.3) is 0 Å². The molecular formula is C24H31FN4S. The summed E-state index contributed by atoms with van der Waals surface area (Å²) in [6.07, 6.45) is 0. The fourth-order valence-electron chi connectivity index (χ4n) is 2.40. The Hall–Kier alpha value is -2.86. The highest BCUT2D eigenvalue weighted by atomic mass is 32.2. The molecule has 0 heterocycles. The van der Waals surface area contributed by atoms with Gasteiger partial charge >= 0.3 is 0 Å². The lowest BCUT2D eigenvalue weighted by Gasteiger charge is -2.14. The van der Waals surface area contributed by atoms with Crippen LogP contribution in [0.25, 0.3) is 0 Å². The topological polar surface area (TPSA) is 48.8 Å². The molecule has 0 aliphatic heterocycles. The fraction of sp³-hybridized carbons (Fsp3) is 0.250. The Balaban J connectivity index is 0.00000218. The first kappa shape index (κ1) is 25.2. The van der Waals surface area contributed by atoms with Crippen LogP contribution in [-0.4, -0.2) is 16.5 Å². The third-order valence-electron chi connectivity index (χ3n) is 3.82. The summed E-state index contributed by atoms with van der Waals surface area (Å²) in [5.41, 5.74) is 4.22. The van der Waals surface area contributed by atoms with E-state index in [9.17, 15) is 4.39 Å². The molecule has 0 spiro atoms. The highest BCUT2D eigenvalue weighted by Crippen LogP contribution is 2.15. The molecule has 30 heavy (non-hydrogen) atoms. The molecule has 0 unspecified atom stereocenters. The molecule has 4 nitrogen and oxygen atoms in total. The third kappa shape index (κ3) is 8.66. The Morgan fingerprint density at radius 2 is 1.63 bits per heavy atom. The van der Waals surface area contributed by atoms with E-state index in [1.807, 2.05) is 45.9 Å². The van der Waals surface area contributed by atoms with Gasteiger partial charge in [-0.15, -0.1) is 16.9 Å². The van der Waals surface area contributed by atoms with E-state index in [1.165, 1.54) is 23.4 Å². The second-order valence-corrected chi connectivity index (χ2v) is 7.39. The molecule has 0 atom stereocenters. The van der Waals surface area contributed by atoms with Crippen LogP contribution in [0, 0.1) is 12.7 Å². The average molecular weight is 427 g/mol. The van der Waals surface area contributed by atoms with Crippen LogP contribution in [0.3, 0.4) is 0 Å². The Labute approximate surface area is 184 Å². The molecule has 0 aromatic heterocycles. The van der Waals surface area contributed by atoms with Crippen LogP contribution >= 0.6 is 11.8 Å². The van der Waals surface area contributed by atoms with Crippen LogP contribution < -0.4 is 10.6 Å². The zero-order valence-corrected chi connectivity index (χ0v) is 19.2. The molecule has 2 N–H and O–H groups in total. The molecule has 0 amide bonds. The Bertz CT molecular complexity index is 919. The molecule has 0 fully saturated rings. The van der Waals surface area contributed by atoms with Gasteiger partial charge in [-0.2, -0.15) is 5.10 Å². The van der Waals surface area contributed by atoms with Gasteiger partial charge in [0.2, 0.25) is 0 Å². The summed E-state index contributed by atoms with van der Waals surface area (Å²) in [6, 6.07) is 14.5. The maximum atomic E-state index is 13.7. The van der Waals surface area contributed by atoms with E-state index in [-0.39, 0.29) is 5.82 Å². The molecular weight excluding hydrogens is 395 g/mol. The number of halogens is 1. The summed E-state index contributed by atoms with van der Waals surface area (Å²) in [5.74, 6) is 0.709. The largest absolute Gasteiger partial charge is 0.346 e. The first-order valence-corrected chi connectivity index (χ1v) is 10.8. The molecule has 2 aromatic carbocycles. The van der Waals surface area contributed by atoms with Crippen molar-refractivity contribution in [1.82, 2.24) is 5.32 Å². The quantitative estimate of drug-likeness (QED) is 0.280. The summed E-state index contributed by atoms with van der Waals surface area (Å²) >= 11 is 1.52. The second-order valence-electron chi connectivity index (χ2n) is 6.22. The molecule has 2 rings (SSSR count). The van der Waals surface area contributed by atoms with Gasteiger partial charge in [-0.1, -0.05) is 63.4 Å². The van der Waals surface area contributed by atoms with Crippen molar-refractivity contribution in [2.24, 2.45) is 10.2 Å². The van der Waals surface area contributed by atoms with E-state index in [4.69, 9.17) is 0 Å². The minimum atomic E-state index is -0.338. The van der Waals surface area contributed by atoms with Crippen LogP contribution in [-0.2, 0) is 0 Å². The zero-order valence-electron chi connectivity index (χ0n) is 18.4. The average Bonchev–Trinajstić information content (AvgIpc) is 2.74. The van der Waals surface area contributed by atoms with Crippen molar-refractivity contribution in [3.8, 4) is 0 Å². The maximum Gasteiger partial charge on any atom is 0.146 e. The maximum absolute atomic E-state index is 13.7. The SMILES string of the molecule is C=C(CS/C(C)=N/N=C(\C)c1ccccc1C)NC(=C)Nc1ccccc1F.CC. The van der Waals surface area contributed by atoms with Gasteiger partial charge in [-0.25, -0.2) is 4.39 Å². The third-order valence-corrected chi connectivity index (χ3v) is 4.81. The van der Waals surface area contributed by atoms with Gasteiger partial charge in [-0.05, 0) is 38.5 Å². The van der Waals surface area contributed by atoms with Gasteiger partial charge < -0.3 is 10.6 Å². The van der Waals surface area contributed by atoms with Crippen molar-refractivity contribution < 1.29 is 4.39 Å².